The molecule has 4 amide bonds. The van der Waals surface area contributed by atoms with Crippen molar-refractivity contribution in [3.8, 4) is 5.88 Å². The van der Waals surface area contributed by atoms with E-state index in [-0.39, 0.29) is 31.2 Å². The molecule has 326 valence electrons. The van der Waals surface area contributed by atoms with Crippen LogP contribution in [0.3, 0.4) is 0 Å². The number of imidazole rings is 1. The highest BCUT2D eigenvalue weighted by atomic mass is 35.5. The molecule has 0 bridgehead atoms. The molecular formula is C40H49ClF3N7O8S. The van der Waals surface area contributed by atoms with Crippen LogP contribution in [0.5, 0.6) is 5.88 Å². The molecule has 20 heteroatoms. The quantitative estimate of drug-likeness (QED) is 0.255. The summed E-state index contributed by atoms with van der Waals surface area (Å²) in [6.07, 6.45) is 0.245. The molecule has 1 saturated heterocycles. The van der Waals surface area contributed by atoms with Gasteiger partial charge in [-0.1, -0.05) is 37.6 Å². The topological polar surface area (TPSA) is 190 Å². The van der Waals surface area contributed by atoms with E-state index in [0.29, 0.717) is 73.3 Å². The molecule has 2 aromatic heterocycles. The Morgan fingerprint density at radius 2 is 1.82 bits per heavy atom. The first-order chi connectivity index (χ1) is 27.9. The van der Waals surface area contributed by atoms with Crippen molar-refractivity contribution in [2.75, 3.05) is 6.54 Å². The number of nitrogens with one attached hydrogen (secondary N) is 3. The molecule has 4 heterocycles. The van der Waals surface area contributed by atoms with Crippen LogP contribution in [-0.2, 0) is 29.1 Å². The summed E-state index contributed by atoms with van der Waals surface area (Å²) in [6.45, 7) is 8.06. The molecule has 0 unspecified atom stereocenters. The van der Waals surface area contributed by atoms with E-state index in [1.54, 1.807) is 48.7 Å². The predicted octanol–water partition coefficient (Wildman–Crippen LogP) is 5.51. The zero-order chi connectivity index (χ0) is 43.7. The number of alkyl carbamates (subject to hydrolysis) is 1. The normalized spacial score (nSPS) is 29.1. The van der Waals surface area contributed by atoms with Gasteiger partial charge in [-0.05, 0) is 96.3 Å². The SMILES string of the molecule is Cc1cn2c(n1)nc(O[C@@H]1C[C@H]3C(=O)N[C@]4(C(=O)NS(=O)(=O)C5(C)CC5)C[C@H]4/C=C\CC[C@@H](C)C[C@@H](C)[C@H](NC(=O)OC(C)(C)C(F)(F)F)C(=O)N3C1)c1cc(Cl)ccc12. The standard InChI is InChI=1S/C40H49ClF3N7O8S/c1-21-9-7-8-10-24-18-39(24,34(54)49-60(56,57)38(6)13-14-38)48-31(52)29-17-26(58-32-27-16-25(41)11-12-28(27)51-19-23(3)45-35(51)47-32)20-50(29)33(53)30(22(2)15-21)46-36(55)59-37(4,5)40(42,43)44/h8,10-12,16,19,21-22,24,26,29-30H,7,9,13-15,17-18,20H2,1-6H3,(H,46,55)(H,48,52)(H,49,54)/b10-8-/t21-,22-,24-,26-,29+,30+,39-/m1/s1. The van der Waals surface area contributed by atoms with Crippen molar-refractivity contribution < 1.29 is 50.2 Å². The van der Waals surface area contributed by atoms with Crippen LogP contribution < -0.4 is 20.1 Å². The highest BCUT2D eigenvalue weighted by Gasteiger charge is 2.63. The highest BCUT2D eigenvalue weighted by Crippen LogP contribution is 2.48. The van der Waals surface area contributed by atoms with Crippen molar-refractivity contribution in [1.82, 2.24) is 34.6 Å². The van der Waals surface area contributed by atoms with Gasteiger partial charge in [0.05, 0.1) is 27.9 Å². The number of allylic oxidation sites excluding steroid dienone is 1. The van der Waals surface area contributed by atoms with Gasteiger partial charge in [-0.2, -0.15) is 18.2 Å². The van der Waals surface area contributed by atoms with Crippen LogP contribution in [0.4, 0.5) is 18.0 Å². The van der Waals surface area contributed by atoms with Crippen LogP contribution in [0, 0.1) is 24.7 Å². The summed E-state index contributed by atoms with van der Waals surface area (Å²) >= 11 is 6.40. The number of nitrogens with zero attached hydrogens (tertiary/aromatic N) is 4. The van der Waals surface area contributed by atoms with E-state index in [9.17, 15) is 40.8 Å². The first-order valence-electron chi connectivity index (χ1n) is 20.0. The van der Waals surface area contributed by atoms with Crippen LogP contribution in [0.1, 0.15) is 85.3 Å². The molecule has 15 nitrogen and oxygen atoms in total. The second-order valence-corrected chi connectivity index (χ2v) is 20.2. The highest BCUT2D eigenvalue weighted by molar-refractivity contribution is 7.91. The molecule has 2 aliphatic carbocycles. The second kappa shape index (κ2) is 15.4. The number of carbonyl (C=O) groups excluding carboxylic acids is 4. The van der Waals surface area contributed by atoms with E-state index in [1.165, 1.54) is 11.8 Å². The van der Waals surface area contributed by atoms with Crippen molar-refractivity contribution in [2.45, 2.75) is 127 Å². The van der Waals surface area contributed by atoms with Gasteiger partial charge < -0.3 is 25.0 Å². The number of aromatic nitrogens is 3. The Morgan fingerprint density at radius 1 is 1.10 bits per heavy atom. The fraction of sp³-hybridized carbons (Fsp3) is 0.600. The van der Waals surface area contributed by atoms with Crippen molar-refractivity contribution >= 4 is 62.1 Å². The number of sulfonamides is 1. The van der Waals surface area contributed by atoms with Gasteiger partial charge in [0.2, 0.25) is 39.1 Å². The molecule has 7 atom stereocenters. The van der Waals surface area contributed by atoms with Gasteiger partial charge in [-0.25, -0.2) is 18.2 Å². The van der Waals surface area contributed by atoms with E-state index in [0.717, 1.165) is 0 Å². The average molecular weight is 880 g/mol. The lowest BCUT2D eigenvalue weighted by atomic mass is 9.88. The molecule has 0 spiro atoms. The number of hydrogen-bond donors (Lipinski definition) is 3. The fourth-order valence-electron chi connectivity index (χ4n) is 8.07. The van der Waals surface area contributed by atoms with E-state index in [2.05, 4.69) is 25.3 Å². The Kier molecular flexibility index (Phi) is 11.1. The third-order valence-electron chi connectivity index (χ3n) is 12.3. The Balaban J connectivity index is 1.26. The van der Waals surface area contributed by atoms with E-state index in [1.807, 2.05) is 13.0 Å². The zero-order valence-corrected chi connectivity index (χ0v) is 35.6. The lowest BCUT2D eigenvalue weighted by molar-refractivity contribution is -0.244. The average Bonchev–Trinajstić information content (AvgIpc) is 3.96. The number of benzene rings is 1. The minimum Gasteiger partial charge on any atom is -0.472 e. The lowest BCUT2D eigenvalue weighted by Crippen LogP contribution is -2.59. The molecule has 3 fully saturated rings. The third kappa shape index (κ3) is 8.35. The number of ether oxygens (including phenoxy) is 2. The molecule has 0 radical (unpaired) electrons. The summed E-state index contributed by atoms with van der Waals surface area (Å²) < 4.78 is 81.9. The largest absolute Gasteiger partial charge is 0.472 e. The number of halogens is 4. The zero-order valence-electron chi connectivity index (χ0n) is 34.1. The minimum atomic E-state index is -4.92. The van der Waals surface area contributed by atoms with Gasteiger partial charge in [0.25, 0.3) is 5.91 Å². The summed E-state index contributed by atoms with van der Waals surface area (Å²) in [7, 11) is -4.09. The Labute approximate surface area is 350 Å². The van der Waals surface area contributed by atoms with Crippen LogP contribution in [0.25, 0.3) is 16.7 Å². The maximum absolute atomic E-state index is 14.8. The summed E-state index contributed by atoms with van der Waals surface area (Å²) in [4.78, 5) is 66.9. The van der Waals surface area contributed by atoms with Gasteiger partial charge in [0, 0.05) is 23.6 Å². The number of alkyl halides is 3. The van der Waals surface area contributed by atoms with Gasteiger partial charge in [0.15, 0.2) is 0 Å². The van der Waals surface area contributed by atoms with Crippen LogP contribution in [-0.4, -0.2) is 98.3 Å². The summed E-state index contributed by atoms with van der Waals surface area (Å²) in [5, 5.41) is 6.06. The Bertz CT molecular complexity index is 2390. The van der Waals surface area contributed by atoms with Crippen molar-refractivity contribution in [2.24, 2.45) is 17.8 Å². The van der Waals surface area contributed by atoms with Crippen LogP contribution in [0.2, 0.25) is 5.02 Å². The van der Waals surface area contributed by atoms with Crippen molar-refractivity contribution in [3.05, 3.63) is 47.3 Å². The first kappa shape index (κ1) is 43.4. The third-order valence-corrected chi connectivity index (χ3v) is 14.7. The predicted molar refractivity (Wildman–Crippen MR) is 213 cm³/mol. The molecule has 4 aliphatic rings. The van der Waals surface area contributed by atoms with Gasteiger partial charge in [-0.15, -0.1) is 0 Å². The summed E-state index contributed by atoms with van der Waals surface area (Å²) in [5.74, 6) is -3.37. The number of amides is 4. The summed E-state index contributed by atoms with van der Waals surface area (Å²) in [5.41, 5.74) is -3.23. The number of aryl methyl sites for hydroxylation is 1. The number of hydrogen-bond acceptors (Lipinski definition) is 10. The van der Waals surface area contributed by atoms with Crippen LogP contribution in [0.15, 0.2) is 36.5 Å². The van der Waals surface area contributed by atoms with E-state index >= 15 is 0 Å². The molecule has 7 rings (SSSR count). The maximum atomic E-state index is 14.8. The summed E-state index contributed by atoms with van der Waals surface area (Å²) in [6, 6.07) is 2.29. The Morgan fingerprint density at radius 3 is 2.50 bits per heavy atom. The smallest absolute Gasteiger partial charge is 0.427 e. The van der Waals surface area contributed by atoms with Gasteiger partial charge in [-0.3, -0.25) is 23.5 Å². The van der Waals surface area contributed by atoms with E-state index in [4.69, 9.17) is 21.1 Å². The monoisotopic (exact) mass is 879 g/mol. The van der Waals surface area contributed by atoms with Crippen molar-refractivity contribution in [1.29, 1.82) is 0 Å². The number of rotatable bonds is 7. The molecule has 2 aliphatic heterocycles. The molecule has 3 aromatic rings. The molecule has 2 saturated carbocycles. The lowest BCUT2D eigenvalue weighted by Gasteiger charge is -2.34. The molecule has 60 heavy (non-hydrogen) atoms. The number of carbonyl (C=O) groups is 4. The minimum absolute atomic E-state index is 0.0520. The van der Waals surface area contributed by atoms with Gasteiger partial charge >= 0.3 is 12.3 Å². The van der Waals surface area contributed by atoms with Crippen LogP contribution >= 0.6 is 11.6 Å². The second-order valence-electron chi connectivity index (χ2n) is 17.6. The number of fused-ring (bicyclic) bond motifs is 5. The molecule has 1 aromatic carbocycles. The molecular weight excluding hydrogens is 831 g/mol. The molecule has 3 N–H and O–H groups in total. The Hall–Kier alpha value is -4.65. The first-order valence-corrected chi connectivity index (χ1v) is 21.8. The van der Waals surface area contributed by atoms with E-state index < -0.39 is 85.9 Å². The maximum Gasteiger partial charge on any atom is 0.427 e. The van der Waals surface area contributed by atoms with Crippen molar-refractivity contribution in [3.63, 3.8) is 0 Å². The van der Waals surface area contributed by atoms with Gasteiger partial charge in [0.1, 0.15) is 23.7 Å². The fourth-order valence-corrected chi connectivity index (χ4v) is 9.56.